The Morgan fingerprint density at radius 3 is 2.75 bits per heavy atom. The van der Waals surface area contributed by atoms with Crippen LogP contribution in [0.1, 0.15) is 28.7 Å². The van der Waals surface area contributed by atoms with E-state index < -0.39 is 0 Å². The van der Waals surface area contributed by atoms with Gasteiger partial charge in [0.15, 0.2) is 0 Å². The quantitative estimate of drug-likeness (QED) is 0.924. The third-order valence-corrected chi connectivity index (χ3v) is 3.99. The number of hydrogen-bond acceptors (Lipinski definition) is 2. The molecule has 3 rings (SSSR count). The van der Waals surface area contributed by atoms with Crippen molar-refractivity contribution in [2.75, 3.05) is 0 Å². The molecule has 1 N–H and O–H groups in total. The molecule has 0 heterocycles. The first-order valence-corrected chi connectivity index (χ1v) is 7.27. The SMILES string of the molecule is OCc1cc(Cl)ccc1OCc1ccc2c(c1)CCC2. The fraction of sp³-hybridized carbons (Fsp3) is 0.294. The number of ether oxygens (including phenoxy) is 1. The molecule has 2 aromatic carbocycles. The van der Waals surface area contributed by atoms with Crippen molar-refractivity contribution in [2.24, 2.45) is 0 Å². The zero-order valence-corrected chi connectivity index (χ0v) is 12.0. The van der Waals surface area contributed by atoms with Crippen molar-refractivity contribution in [1.29, 1.82) is 0 Å². The van der Waals surface area contributed by atoms with Crippen LogP contribution in [-0.2, 0) is 26.1 Å². The van der Waals surface area contributed by atoms with Crippen molar-refractivity contribution < 1.29 is 9.84 Å². The number of hydrogen-bond donors (Lipinski definition) is 1. The number of halogens is 1. The van der Waals surface area contributed by atoms with Gasteiger partial charge in [-0.3, -0.25) is 0 Å². The van der Waals surface area contributed by atoms with Crippen molar-refractivity contribution in [3.63, 3.8) is 0 Å². The average molecular weight is 289 g/mol. The first kappa shape index (κ1) is 13.5. The van der Waals surface area contributed by atoms with E-state index in [1.54, 1.807) is 18.2 Å². The molecule has 0 bridgehead atoms. The van der Waals surface area contributed by atoms with Gasteiger partial charge in [0.05, 0.1) is 6.61 Å². The van der Waals surface area contributed by atoms with E-state index in [1.807, 2.05) is 0 Å². The van der Waals surface area contributed by atoms with Gasteiger partial charge in [-0.15, -0.1) is 0 Å². The highest BCUT2D eigenvalue weighted by molar-refractivity contribution is 6.30. The van der Waals surface area contributed by atoms with E-state index in [9.17, 15) is 5.11 Å². The molecule has 2 nitrogen and oxygen atoms in total. The second-order valence-corrected chi connectivity index (χ2v) is 5.59. The van der Waals surface area contributed by atoms with E-state index in [0.29, 0.717) is 17.4 Å². The van der Waals surface area contributed by atoms with E-state index in [-0.39, 0.29) is 6.61 Å². The topological polar surface area (TPSA) is 29.5 Å². The summed E-state index contributed by atoms with van der Waals surface area (Å²) < 4.78 is 5.81. The Morgan fingerprint density at radius 2 is 1.90 bits per heavy atom. The summed E-state index contributed by atoms with van der Waals surface area (Å²) in [7, 11) is 0. The van der Waals surface area contributed by atoms with Crippen molar-refractivity contribution in [2.45, 2.75) is 32.5 Å². The summed E-state index contributed by atoms with van der Waals surface area (Å²) in [6.45, 7) is 0.446. The number of benzene rings is 2. The molecular weight excluding hydrogens is 272 g/mol. The molecule has 0 amide bonds. The maximum atomic E-state index is 9.33. The summed E-state index contributed by atoms with van der Waals surface area (Å²) >= 11 is 5.91. The molecule has 0 atom stereocenters. The molecule has 20 heavy (non-hydrogen) atoms. The minimum atomic E-state index is -0.0694. The number of aliphatic hydroxyl groups is 1. The average Bonchev–Trinajstić information content (AvgIpc) is 2.93. The summed E-state index contributed by atoms with van der Waals surface area (Å²) in [5.41, 5.74) is 4.81. The van der Waals surface area contributed by atoms with Crippen LogP contribution in [0.4, 0.5) is 0 Å². The predicted molar refractivity (Wildman–Crippen MR) is 80.2 cm³/mol. The molecule has 3 heteroatoms. The minimum absolute atomic E-state index is 0.0694. The Labute approximate surface area is 124 Å². The van der Waals surface area contributed by atoms with Gasteiger partial charge < -0.3 is 9.84 Å². The van der Waals surface area contributed by atoms with Gasteiger partial charge in [-0.1, -0.05) is 29.8 Å². The second kappa shape index (κ2) is 5.86. The summed E-state index contributed by atoms with van der Waals surface area (Å²) in [6.07, 6.45) is 3.62. The molecule has 0 radical (unpaired) electrons. The van der Waals surface area contributed by atoms with Crippen LogP contribution in [0.5, 0.6) is 5.75 Å². The van der Waals surface area contributed by atoms with E-state index in [0.717, 1.165) is 5.56 Å². The summed E-state index contributed by atoms with van der Waals surface area (Å²) in [5.74, 6) is 0.692. The lowest BCUT2D eigenvalue weighted by Crippen LogP contribution is -1.99. The van der Waals surface area contributed by atoms with Gasteiger partial charge in [-0.25, -0.2) is 0 Å². The summed E-state index contributed by atoms with van der Waals surface area (Å²) in [6, 6.07) is 11.9. The zero-order chi connectivity index (χ0) is 13.9. The van der Waals surface area contributed by atoms with Crippen molar-refractivity contribution in [3.05, 3.63) is 63.7 Å². The van der Waals surface area contributed by atoms with E-state index in [2.05, 4.69) is 18.2 Å². The standard InChI is InChI=1S/C17H17ClO2/c18-16-6-7-17(15(9-16)10-19)20-11-12-4-5-13-2-1-3-14(13)8-12/h4-9,19H,1-3,10-11H2. The number of aryl methyl sites for hydroxylation is 2. The maximum absolute atomic E-state index is 9.33. The molecule has 2 aromatic rings. The fourth-order valence-electron chi connectivity index (χ4n) is 2.69. The summed E-state index contributed by atoms with van der Waals surface area (Å²) in [4.78, 5) is 0. The lowest BCUT2D eigenvalue weighted by molar-refractivity contribution is 0.259. The molecule has 0 saturated heterocycles. The zero-order valence-electron chi connectivity index (χ0n) is 11.2. The normalized spacial score (nSPS) is 13.3. The van der Waals surface area contributed by atoms with Crippen LogP contribution in [0.15, 0.2) is 36.4 Å². The predicted octanol–water partition coefficient (Wildman–Crippen LogP) is 3.90. The smallest absolute Gasteiger partial charge is 0.125 e. The molecule has 0 saturated carbocycles. The molecule has 0 aromatic heterocycles. The number of aliphatic hydroxyl groups excluding tert-OH is 1. The van der Waals surface area contributed by atoms with Crippen LogP contribution in [0.25, 0.3) is 0 Å². The molecule has 1 aliphatic carbocycles. The number of fused-ring (bicyclic) bond motifs is 1. The highest BCUT2D eigenvalue weighted by Gasteiger charge is 2.11. The van der Waals surface area contributed by atoms with E-state index in [1.165, 1.54) is 36.0 Å². The molecule has 104 valence electrons. The Balaban J connectivity index is 1.73. The Bertz CT molecular complexity index is 622. The lowest BCUT2D eigenvalue weighted by atomic mass is 10.1. The largest absolute Gasteiger partial charge is 0.489 e. The van der Waals surface area contributed by atoms with Crippen LogP contribution >= 0.6 is 11.6 Å². The maximum Gasteiger partial charge on any atom is 0.125 e. The number of rotatable bonds is 4. The molecular formula is C17H17ClO2. The first-order chi connectivity index (χ1) is 9.76. The molecule has 0 unspecified atom stereocenters. The first-order valence-electron chi connectivity index (χ1n) is 6.89. The molecule has 1 aliphatic rings. The van der Waals surface area contributed by atoms with Gasteiger partial charge in [-0.05, 0) is 54.2 Å². The van der Waals surface area contributed by atoms with E-state index in [4.69, 9.17) is 16.3 Å². The van der Waals surface area contributed by atoms with Gasteiger partial charge in [-0.2, -0.15) is 0 Å². The Morgan fingerprint density at radius 1 is 1.05 bits per heavy atom. The highest BCUT2D eigenvalue weighted by atomic mass is 35.5. The molecule has 0 aliphatic heterocycles. The van der Waals surface area contributed by atoms with Crippen molar-refractivity contribution >= 4 is 11.6 Å². The van der Waals surface area contributed by atoms with Gasteiger partial charge in [0.1, 0.15) is 12.4 Å². The van der Waals surface area contributed by atoms with Gasteiger partial charge >= 0.3 is 0 Å². The minimum Gasteiger partial charge on any atom is -0.489 e. The van der Waals surface area contributed by atoms with Crippen LogP contribution in [0.3, 0.4) is 0 Å². The van der Waals surface area contributed by atoms with Crippen LogP contribution in [-0.4, -0.2) is 5.11 Å². The highest BCUT2D eigenvalue weighted by Crippen LogP contribution is 2.26. The third kappa shape index (κ3) is 2.82. The van der Waals surface area contributed by atoms with Crippen LogP contribution < -0.4 is 4.74 Å². The second-order valence-electron chi connectivity index (χ2n) is 5.16. The van der Waals surface area contributed by atoms with Gasteiger partial charge in [0.2, 0.25) is 0 Å². The monoisotopic (exact) mass is 288 g/mol. The van der Waals surface area contributed by atoms with Crippen LogP contribution in [0, 0.1) is 0 Å². The van der Waals surface area contributed by atoms with Crippen molar-refractivity contribution in [3.8, 4) is 5.75 Å². The van der Waals surface area contributed by atoms with Gasteiger partial charge in [0, 0.05) is 10.6 Å². The summed E-state index contributed by atoms with van der Waals surface area (Å²) in [5, 5.41) is 9.94. The Hall–Kier alpha value is -1.51. The molecule has 0 fully saturated rings. The lowest BCUT2D eigenvalue weighted by Gasteiger charge is -2.11. The van der Waals surface area contributed by atoms with Crippen molar-refractivity contribution in [1.82, 2.24) is 0 Å². The molecule has 0 spiro atoms. The van der Waals surface area contributed by atoms with E-state index >= 15 is 0 Å². The van der Waals surface area contributed by atoms with Gasteiger partial charge in [0.25, 0.3) is 0 Å². The fourth-order valence-corrected chi connectivity index (χ4v) is 2.88. The van der Waals surface area contributed by atoms with Crippen LogP contribution in [0.2, 0.25) is 5.02 Å². The third-order valence-electron chi connectivity index (χ3n) is 3.75. The Kier molecular flexibility index (Phi) is 3.95.